The Bertz CT molecular complexity index is 1490. The van der Waals surface area contributed by atoms with Gasteiger partial charge in [-0.25, -0.2) is 14.8 Å². The molecule has 3 aromatic heterocycles. The number of benzene rings is 1. The van der Waals surface area contributed by atoms with E-state index >= 15 is 0 Å². The number of hydrogen-bond donors (Lipinski definition) is 2. The Morgan fingerprint density at radius 3 is 2.58 bits per heavy atom. The highest BCUT2D eigenvalue weighted by Gasteiger charge is 2.19. The van der Waals surface area contributed by atoms with Crippen LogP contribution in [0.5, 0.6) is 0 Å². The Labute approximate surface area is 193 Å². The van der Waals surface area contributed by atoms with Gasteiger partial charge in [-0.3, -0.25) is 9.20 Å². The number of carboxylic acids is 1. The molecule has 0 saturated heterocycles. The van der Waals surface area contributed by atoms with Crippen LogP contribution in [0, 0.1) is 18.3 Å². The zero-order chi connectivity index (χ0) is 23.7. The largest absolute Gasteiger partial charge is 0.476 e. The first-order valence-corrected chi connectivity index (χ1v) is 10.4. The first-order valence-electron chi connectivity index (χ1n) is 9.97. The minimum atomic E-state index is -1.21. The molecule has 2 N–H and O–H groups in total. The number of anilines is 1. The van der Waals surface area contributed by atoms with Gasteiger partial charge in [-0.1, -0.05) is 23.7 Å². The fourth-order valence-corrected chi connectivity index (χ4v) is 3.73. The van der Waals surface area contributed by atoms with E-state index in [2.05, 4.69) is 16.4 Å². The summed E-state index contributed by atoms with van der Waals surface area (Å²) in [6.07, 6.45) is 1.70. The summed E-state index contributed by atoms with van der Waals surface area (Å²) in [6, 6.07) is 14.9. The van der Waals surface area contributed by atoms with Crippen molar-refractivity contribution in [1.29, 1.82) is 5.26 Å². The molecule has 0 fully saturated rings. The molecule has 0 aliphatic heterocycles. The number of nitrogens with one attached hydrogen (secondary N) is 1. The lowest BCUT2D eigenvalue weighted by Gasteiger charge is -2.19. The summed E-state index contributed by atoms with van der Waals surface area (Å²) in [5.41, 5.74) is 3.51. The third kappa shape index (κ3) is 4.40. The Morgan fingerprint density at radius 2 is 1.91 bits per heavy atom. The molecule has 3 heterocycles. The van der Waals surface area contributed by atoms with E-state index < -0.39 is 12.0 Å². The number of nitrogens with zero attached hydrogens (tertiary/aromatic N) is 4. The van der Waals surface area contributed by atoms with E-state index in [1.807, 2.05) is 19.9 Å². The van der Waals surface area contributed by atoms with E-state index in [9.17, 15) is 14.7 Å². The van der Waals surface area contributed by atoms with Crippen molar-refractivity contribution in [2.75, 3.05) is 5.32 Å². The third-order valence-electron chi connectivity index (χ3n) is 5.14. The number of carbonyl (C=O) groups is 1. The van der Waals surface area contributed by atoms with Crippen molar-refractivity contribution in [3.8, 4) is 17.3 Å². The average molecular weight is 460 g/mol. The molecular weight excluding hydrogens is 442 g/mol. The maximum absolute atomic E-state index is 12.9. The van der Waals surface area contributed by atoms with Crippen LogP contribution in [-0.2, 0) is 0 Å². The molecule has 0 bridgehead atoms. The predicted molar refractivity (Wildman–Crippen MR) is 125 cm³/mol. The Balaban J connectivity index is 1.83. The topological polar surface area (TPSA) is 120 Å². The van der Waals surface area contributed by atoms with Crippen molar-refractivity contribution in [1.82, 2.24) is 14.4 Å². The van der Waals surface area contributed by atoms with Gasteiger partial charge >= 0.3 is 5.97 Å². The van der Waals surface area contributed by atoms with Crippen molar-refractivity contribution in [3.63, 3.8) is 0 Å². The fraction of sp³-hybridized carbons (Fsp3) is 0.125. The molecule has 1 aromatic carbocycles. The summed E-state index contributed by atoms with van der Waals surface area (Å²) < 4.78 is 1.47. The fourth-order valence-electron chi connectivity index (χ4n) is 3.58. The monoisotopic (exact) mass is 459 g/mol. The summed E-state index contributed by atoms with van der Waals surface area (Å²) in [7, 11) is 0. The van der Waals surface area contributed by atoms with Gasteiger partial charge in [0.15, 0.2) is 5.69 Å². The quantitative estimate of drug-likeness (QED) is 0.422. The number of aromatic nitrogens is 3. The minimum Gasteiger partial charge on any atom is -0.476 e. The molecule has 4 rings (SSSR count). The molecule has 0 spiro atoms. The number of halogens is 1. The van der Waals surface area contributed by atoms with E-state index in [1.54, 1.807) is 36.5 Å². The zero-order valence-electron chi connectivity index (χ0n) is 17.7. The molecule has 8 nitrogen and oxygen atoms in total. The first kappa shape index (κ1) is 22.0. The molecule has 0 aliphatic rings. The van der Waals surface area contributed by atoms with Crippen LogP contribution in [0.1, 0.15) is 40.1 Å². The van der Waals surface area contributed by atoms with Crippen LogP contribution in [-0.4, -0.2) is 25.4 Å². The van der Waals surface area contributed by atoms with Gasteiger partial charge in [-0.05, 0) is 49.7 Å². The normalized spacial score (nSPS) is 11.7. The van der Waals surface area contributed by atoms with Gasteiger partial charge in [0.1, 0.15) is 10.8 Å². The van der Waals surface area contributed by atoms with Crippen LogP contribution >= 0.6 is 11.6 Å². The molecule has 0 aliphatic carbocycles. The smallest absolute Gasteiger partial charge is 0.356 e. The summed E-state index contributed by atoms with van der Waals surface area (Å²) >= 11 is 5.86. The maximum atomic E-state index is 12.9. The Kier molecular flexibility index (Phi) is 5.82. The number of nitriles is 1. The Morgan fingerprint density at radius 1 is 1.18 bits per heavy atom. The minimum absolute atomic E-state index is 0.0758. The molecule has 0 amide bonds. The first-order chi connectivity index (χ1) is 15.8. The molecule has 0 radical (unpaired) electrons. The van der Waals surface area contributed by atoms with Crippen LogP contribution in [0.2, 0.25) is 5.15 Å². The van der Waals surface area contributed by atoms with Crippen LogP contribution in [0.3, 0.4) is 0 Å². The van der Waals surface area contributed by atoms with Gasteiger partial charge in [0.2, 0.25) is 0 Å². The molecule has 4 aromatic rings. The number of fused-ring (bicyclic) bond motifs is 1. The number of pyridine rings is 2. The number of hydrogen-bond acceptors (Lipinski definition) is 6. The lowest BCUT2D eigenvalue weighted by molar-refractivity contribution is 0.0691. The summed E-state index contributed by atoms with van der Waals surface area (Å²) in [5, 5.41) is 21.7. The van der Waals surface area contributed by atoms with Crippen LogP contribution in [0.15, 0.2) is 59.5 Å². The van der Waals surface area contributed by atoms with Crippen molar-refractivity contribution >= 4 is 28.9 Å². The Hall–Kier alpha value is -4.22. The SMILES string of the molecule is Cc1cc([C@@H](C)Nc2ccc(Cl)nc2C(=O)O)c2nc(-c3ccc(C#N)cc3)cc(=O)n2c1. The second-order valence-electron chi connectivity index (χ2n) is 7.54. The van der Waals surface area contributed by atoms with Gasteiger partial charge in [0, 0.05) is 23.4 Å². The second-order valence-corrected chi connectivity index (χ2v) is 7.92. The highest BCUT2D eigenvalue weighted by atomic mass is 35.5. The van der Waals surface area contributed by atoms with E-state index in [0.717, 1.165) is 5.56 Å². The van der Waals surface area contributed by atoms with E-state index in [-0.39, 0.29) is 16.4 Å². The lowest BCUT2D eigenvalue weighted by atomic mass is 10.1. The average Bonchev–Trinajstić information content (AvgIpc) is 2.80. The molecule has 1 atom stereocenters. The van der Waals surface area contributed by atoms with Crippen LogP contribution < -0.4 is 10.9 Å². The van der Waals surface area contributed by atoms with Gasteiger partial charge < -0.3 is 10.4 Å². The van der Waals surface area contributed by atoms with Gasteiger partial charge in [-0.2, -0.15) is 5.26 Å². The summed E-state index contributed by atoms with van der Waals surface area (Å²) in [6.45, 7) is 3.71. The van der Waals surface area contributed by atoms with E-state index in [4.69, 9.17) is 21.8 Å². The molecule has 0 saturated carbocycles. The lowest BCUT2D eigenvalue weighted by Crippen LogP contribution is -2.19. The van der Waals surface area contributed by atoms with Crippen molar-refractivity contribution in [3.05, 3.63) is 92.6 Å². The molecule has 33 heavy (non-hydrogen) atoms. The molecule has 0 unspecified atom stereocenters. The van der Waals surface area contributed by atoms with Gasteiger partial charge in [-0.15, -0.1) is 0 Å². The standard InChI is InChI=1S/C24H18ClN5O3/c1-13-9-17(14(2)27-18-7-8-20(25)29-22(18)24(32)33)23-28-19(10-21(31)30(23)12-13)16-5-3-15(11-26)4-6-16/h3-10,12,14,27H,1-2H3,(H,32,33)/t14-/m1/s1. The summed E-state index contributed by atoms with van der Waals surface area (Å²) in [4.78, 5) is 33.1. The van der Waals surface area contributed by atoms with Crippen molar-refractivity contribution in [2.24, 2.45) is 0 Å². The number of aromatic carboxylic acids is 1. The van der Waals surface area contributed by atoms with E-state index in [0.29, 0.717) is 33.7 Å². The maximum Gasteiger partial charge on any atom is 0.356 e. The van der Waals surface area contributed by atoms with Crippen LogP contribution in [0.25, 0.3) is 16.9 Å². The van der Waals surface area contributed by atoms with E-state index in [1.165, 1.54) is 16.5 Å². The van der Waals surface area contributed by atoms with Crippen molar-refractivity contribution < 1.29 is 9.90 Å². The summed E-state index contributed by atoms with van der Waals surface area (Å²) in [5.74, 6) is -1.21. The highest BCUT2D eigenvalue weighted by molar-refractivity contribution is 6.29. The van der Waals surface area contributed by atoms with Gasteiger partial charge in [0.05, 0.1) is 29.1 Å². The zero-order valence-corrected chi connectivity index (χ0v) is 18.5. The number of carboxylic acid groups (broad SMARTS) is 1. The number of aryl methyl sites for hydroxylation is 1. The second kappa shape index (κ2) is 8.73. The van der Waals surface area contributed by atoms with Crippen molar-refractivity contribution in [2.45, 2.75) is 19.9 Å². The molecule has 164 valence electrons. The predicted octanol–water partition coefficient (Wildman–Crippen LogP) is 4.46. The van der Waals surface area contributed by atoms with Gasteiger partial charge in [0.25, 0.3) is 5.56 Å². The third-order valence-corrected chi connectivity index (χ3v) is 5.35. The number of rotatable bonds is 5. The highest BCUT2D eigenvalue weighted by Crippen LogP contribution is 2.27. The molecular formula is C24H18ClN5O3. The molecule has 9 heteroatoms. The van der Waals surface area contributed by atoms with Crippen LogP contribution in [0.4, 0.5) is 5.69 Å².